The van der Waals surface area contributed by atoms with E-state index < -0.39 is 0 Å². The minimum Gasteiger partial charge on any atom is -0.394 e. The van der Waals surface area contributed by atoms with E-state index in [-0.39, 0.29) is 24.7 Å². The third-order valence-corrected chi connectivity index (χ3v) is 4.23. The highest BCUT2D eigenvalue weighted by molar-refractivity contribution is 5.89. The van der Waals surface area contributed by atoms with Gasteiger partial charge in [0.05, 0.1) is 24.5 Å². The second-order valence-corrected chi connectivity index (χ2v) is 6.07. The molecule has 0 aliphatic carbocycles. The molecule has 2 heterocycles. The summed E-state index contributed by atoms with van der Waals surface area (Å²) in [6.45, 7) is 4.56. The van der Waals surface area contributed by atoms with Crippen molar-refractivity contribution >= 4 is 11.7 Å². The molecule has 6 nitrogen and oxygen atoms in total. The van der Waals surface area contributed by atoms with Crippen molar-refractivity contribution in [2.45, 2.75) is 32.4 Å². The van der Waals surface area contributed by atoms with Gasteiger partial charge in [-0.3, -0.25) is 4.68 Å². The number of carbonyl (C=O) groups excluding carboxylic acids is 1. The Morgan fingerprint density at radius 3 is 2.91 bits per heavy atom. The van der Waals surface area contributed by atoms with Gasteiger partial charge < -0.3 is 15.3 Å². The Kier molecular flexibility index (Phi) is 4.34. The number of urea groups is 1. The van der Waals surface area contributed by atoms with Gasteiger partial charge in [0.25, 0.3) is 0 Å². The van der Waals surface area contributed by atoms with Crippen molar-refractivity contribution in [1.82, 2.24) is 14.7 Å². The molecule has 1 aromatic carbocycles. The monoisotopic (exact) mass is 314 g/mol. The first kappa shape index (κ1) is 15.6. The molecule has 2 N–H and O–H groups in total. The molecule has 0 spiro atoms. The number of nitrogens with one attached hydrogen (secondary N) is 1. The Bertz CT molecular complexity index is 695. The normalized spacial score (nSPS) is 17.2. The molecule has 0 saturated carbocycles. The number of amides is 2. The van der Waals surface area contributed by atoms with E-state index in [9.17, 15) is 9.90 Å². The number of aliphatic hydroxyl groups is 1. The van der Waals surface area contributed by atoms with Crippen LogP contribution in [-0.4, -0.2) is 39.0 Å². The van der Waals surface area contributed by atoms with Crippen LogP contribution < -0.4 is 5.32 Å². The maximum atomic E-state index is 12.6. The smallest absolute Gasteiger partial charge is 0.322 e. The lowest BCUT2D eigenvalue weighted by Gasteiger charge is -2.36. The minimum atomic E-state index is -0.305. The average molecular weight is 314 g/mol. The first-order valence-corrected chi connectivity index (χ1v) is 7.90. The lowest BCUT2D eigenvalue weighted by molar-refractivity contribution is 0.135. The molecule has 1 aliphatic heterocycles. The molecule has 0 radical (unpaired) electrons. The minimum absolute atomic E-state index is 0.0876. The molecule has 6 heteroatoms. The third-order valence-electron chi connectivity index (χ3n) is 4.23. The number of aromatic nitrogens is 2. The maximum Gasteiger partial charge on any atom is 0.322 e. The number of hydrogen-bond donors (Lipinski definition) is 2. The van der Waals surface area contributed by atoms with Gasteiger partial charge in [-0.05, 0) is 31.4 Å². The van der Waals surface area contributed by atoms with E-state index in [1.807, 2.05) is 38.2 Å². The summed E-state index contributed by atoms with van der Waals surface area (Å²) >= 11 is 0. The highest BCUT2D eigenvalue weighted by atomic mass is 16.3. The zero-order valence-corrected chi connectivity index (χ0v) is 13.4. The topological polar surface area (TPSA) is 70.4 Å². The molecular formula is C17H22N4O2. The van der Waals surface area contributed by atoms with E-state index in [1.165, 1.54) is 5.56 Å². The predicted octanol–water partition coefficient (Wildman–Crippen LogP) is 2.59. The number of anilines is 1. The van der Waals surface area contributed by atoms with Crippen molar-refractivity contribution in [2.75, 3.05) is 18.5 Å². The lowest BCUT2D eigenvalue weighted by Crippen LogP contribution is -2.43. The molecule has 2 amide bonds. The van der Waals surface area contributed by atoms with Gasteiger partial charge in [-0.1, -0.05) is 24.3 Å². The average Bonchev–Trinajstić information content (AvgIpc) is 3.02. The molecule has 0 fully saturated rings. The largest absolute Gasteiger partial charge is 0.394 e. The molecule has 0 unspecified atom stereocenters. The van der Waals surface area contributed by atoms with Crippen molar-refractivity contribution in [1.29, 1.82) is 0 Å². The van der Waals surface area contributed by atoms with Gasteiger partial charge in [0.2, 0.25) is 0 Å². The van der Waals surface area contributed by atoms with E-state index in [2.05, 4.69) is 16.5 Å². The van der Waals surface area contributed by atoms with Crippen molar-refractivity contribution < 1.29 is 9.90 Å². The third kappa shape index (κ3) is 3.07. The van der Waals surface area contributed by atoms with Gasteiger partial charge in [0.1, 0.15) is 0 Å². The maximum absolute atomic E-state index is 12.6. The fourth-order valence-electron chi connectivity index (χ4n) is 2.97. The molecular weight excluding hydrogens is 292 g/mol. The highest BCUT2D eigenvalue weighted by Gasteiger charge is 2.30. The number of carbonyl (C=O) groups is 1. The summed E-state index contributed by atoms with van der Waals surface area (Å²) in [5, 5.41) is 16.9. The van der Waals surface area contributed by atoms with Gasteiger partial charge in [0.15, 0.2) is 0 Å². The van der Waals surface area contributed by atoms with Crippen LogP contribution in [0.5, 0.6) is 0 Å². The Morgan fingerprint density at radius 2 is 2.22 bits per heavy atom. The van der Waals surface area contributed by atoms with Crippen LogP contribution in [-0.2, 0) is 6.42 Å². The molecule has 1 aliphatic rings. The predicted molar refractivity (Wildman–Crippen MR) is 88.3 cm³/mol. The SMILES string of the molecule is CC(C)n1cc(NC(=O)N2CCc3ccccc3[C@@H]2CO)cn1. The fraction of sp³-hybridized carbons (Fsp3) is 0.412. The van der Waals surface area contributed by atoms with Crippen LogP contribution in [0, 0.1) is 0 Å². The van der Waals surface area contributed by atoms with E-state index in [0.29, 0.717) is 12.2 Å². The van der Waals surface area contributed by atoms with Crippen molar-refractivity contribution in [3.63, 3.8) is 0 Å². The number of fused-ring (bicyclic) bond motifs is 1. The number of rotatable bonds is 3. The van der Waals surface area contributed by atoms with Crippen molar-refractivity contribution in [3.8, 4) is 0 Å². The fourth-order valence-corrected chi connectivity index (χ4v) is 2.97. The Hall–Kier alpha value is -2.34. The summed E-state index contributed by atoms with van der Waals surface area (Å²) in [7, 11) is 0. The summed E-state index contributed by atoms with van der Waals surface area (Å²) in [4.78, 5) is 14.3. The lowest BCUT2D eigenvalue weighted by atomic mass is 9.93. The molecule has 122 valence electrons. The van der Waals surface area contributed by atoms with Crippen LogP contribution in [0.15, 0.2) is 36.7 Å². The van der Waals surface area contributed by atoms with E-state index in [1.54, 1.807) is 15.8 Å². The quantitative estimate of drug-likeness (QED) is 0.915. The van der Waals surface area contributed by atoms with E-state index in [4.69, 9.17) is 0 Å². The van der Waals surface area contributed by atoms with Gasteiger partial charge in [-0.25, -0.2) is 4.79 Å². The molecule has 3 rings (SSSR count). The summed E-state index contributed by atoms with van der Waals surface area (Å²) < 4.78 is 1.80. The Balaban J connectivity index is 1.76. The van der Waals surface area contributed by atoms with E-state index in [0.717, 1.165) is 12.0 Å². The number of aliphatic hydroxyl groups excluding tert-OH is 1. The first-order valence-electron chi connectivity index (χ1n) is 7.90. The van der Waals surface area contributed by atoms with Crippen molar-refractivity contribution in [3.05, 3.63) is 47.8 Å². The van der Waals surface area contributed by atoms with Crippen LogP contribution in [0.3, 0.4) is 0 Å². The summed E-state index contributed by atoms with van der Waals surface area (Å²) in [5.74, 6) is 0. The first-order chi connectivity index (χ1) is 11.1. The second-order valence-electron chi connectivity index (χ2n) is 6.07. The number of hydrogen-bond acceptors (Lipinski definition) is 3. The van der Waals surface area contributed by atoms with Crippen molar-refractivity contribution in [2.24, 2.45) is 0 Å². The Morgan fingerprint density at radius 1 is 1.43 bits per heavy atom. The summed E-state index contributed by atoms with van der Waals surface area (Å²) in [6, 6.07) is 7.69. The van der Waals surface area contributed by atoms with Gasteiger partial charge in [0, 0.05) is 18.8 Å². The van der Waals surface area contributed by atoms with Crippen LogP contribution in [0.2, 0.25) is 0 Å². The number of benzene rings is 1. The molecule has 1 aromatic heterocycles. The van der Waals surface area contributed by atoms with Gasteiger partial charge in [-0.2, -0.15) is 5.10 Å². The van der Waals surface area contributed by atoms with E-state index >= 15 is 0 Å². The standard InChI is InChI=1S/C17H22N4O2/c1-12(2)21-10-14(9-18-21)19-17(23)20-8-7-13-5-3-4-6-15(13)16(20)11-22/h3-6,9-10,12,16,22H,7-8,11H2,1-2H3,(H,19,23)/t16-/m0/s1. The van der Waals surface area contributed by atoms with Crippen LogP contribution in [0.1, 0.15) is 37.1 Å². The highest BCUT2D eigenvalue weighted by Crippen LogP contribution is 2.29. The zero-order valence-electron chi connectivity index (χ0n) is 13.4. The molecule has 0 bridgehead atoms. The number of nitrogens with zero attached hydrogens (tertiary/aromatic N) is 3. The zero-order chi connectivity index (χ0) is 16.4. The molecule has 23 heavy (non-hydrogen) atoms. The van der Waals surface area contributed by atoms with Crippen LogP contribution in [0.25, 0.3) is 0 Å². The van der Waals surface area contributed by atoms with Crippen LogP contribution in [0.4, 0.5) is 10.5 Å². The molecule has 2 aromatic rings. The molecule has 1 atom stereocenters. The molecule has 0 saturated heterocycles. The van der Waals surface area contributed by atoms with Gasteiger partial charge >= 0.3 is 6.03 Å². The summed E-state index contributed by atoms with van der Waals surface area (Å²) in [6.07, 6.45) is 4.25. The van der Waals surface area contributed by atoms with Gasteiger partial charge in [-0.15, -0.1) is 0 Å². The summed E-state index contributed by atoms with van der Waals surface area (Å²) in [5.41, 5.74) is 2.89. The Labute approximate surface area is 135 Å². The second kappa shape index (κ2) is 6.42. The van der Waals surface area contributed by atoms with Crippen LogP contribution >= 0.6 is 0 Å².